The van der Waals surface area contributed by atoms with Crippen molar-refractivity contribution in [2.75, 3.05) is 5.75 Å². The van der Waals surface area contributed by atoms with Crippen molar-refractivity contribution in [1.82, 2.24) is 14.9 Å². The third-order valence-corrected chi connectivity index (χ3v) is 7.50. The maximum absolute atomic E-state index is 12.2. The Morgan fingerprint density at radius 1 is 1.42 bits per heavy atom. The minimum atomic E-state index is -0.0725. The number of benzene rings is 1. The lowest BCUT2D eigenvalue weighted by Gasteiger charge is -2.14. The lowest BCUT2D eigenvalue weighted by Crippen LogP contribution is -2.28. The summed E-state index contributed by atoms with van der Waals surface area (Å²) in [6.07, 6.45) is 5.30. The van der Waals surface area contributed by atoms with E-state index in [4.69, 9.17) is 0 Å². The van der Waals surface area contributed by atoms with E-state index >= 15 is 0 Å². The molecule has 3 rings (SSSR count). The van der Waals surface area contributed by atoms with Gasteiger partial charge < -0.3 is 9.88 Å². The topological polar surface area (TPSA) is 46.9 Å². The summed E-state index contributed by atoms with van der Waals surface area (Å²) in [5.74, 6) is 2.32. The van der Waals surface area contributed by atoms with Crippen molar-refractivity contribution >= 4 is 38.5 Å². The fourth-order valence-electron chi connectivity index (χ4n) is 3.15. The Labute approximate surface area is 151 Å². The van der Waals surface area contributed by atoms with Gasteiger partial charge in [-0.25, -0.2) is 4.98 Å². The average Bonchev–Trinajstić information content (AvgIpc) is 3.20. The van der Waals surface area contributed by atoms with Gasteiger partial charge in [0, 0.05) is 24.5 Å². The van der Waals surface area contributed by atoms with E-state index in [1.54, 1.807) is 0 Å². The van der Waals surface area contributed by atoms with E-state index in [1.165, 1.54) is 18.6 Å². The van der Waals surface area contributed by atoms with E-state index in [0.717, 1.165) is 34.9 Å². The van der Waals surface area contributed by atoms with Crippen LogP contribution in [0.5, 0.6) is 0 Å². The van der Waals surface area contributed by atoms with Crippen molar-refractivity contribution in [2.45, 2.75) is 50.3 Å². The maximum atomic E-state index is 12.2. The molecule has 1 fully saturated rings. The highest BCUT2D eigenvalue weighted by atomic mass is 33.1. The fourth-order valence-corrected chi connectivity index (χ4v) is 6.18. The molecule has 0 radical (unpaired) electrons. The molecule has 1 aromatic heterocycles. The van der Waals surface area contributed by atoms with Crippen LogP contribution >= 0.6 is 21.6 Å². The molecule has 130 valence electrons. The Bertz CT molecular complexity index is 695. The number of imidazole rings is 1. The van der Waals surface area contributed by atoms with Crippen molar-refractivity contribution in [3.63, 3.8) is 0 Å². The van der Waals surface area contributed by atoms with E-state index in [1.807, 2.05) is 53.8 Å². The molecule has 1 saturated heterocycles. The van der Waals surface area contributed by atoms with E-state index in [-0.39, 0.29) is 11.9 Å². The molecule has 0 bridgehead atoms. The molecule has 24 heavy (non-hydrogen) atoms. The average molecular weight is 364 g/mol. The Balaban J connectivity index is 1.47. The van der Waals surface area contributed by atoms with Crippen LogP contribution in [0.4, 0.5) is 0 Å². The second-order valence-corrected chi connectivity index (χ2v) is 9.17. The van der Waals surface area contributed by atoms with Gasteiger partial charge in [0.2, 0.25) is 5.91 Å². The minimum Gasteiger partial charge on any atom is -0.346 e. The van der Waals surface area contributed by atoms with Gasteiger partial charge in [0.25, 0.3) is 0 Å². The Hall–Kier alpha value is -1.14. The molecule has 0 spiro atoms. The van der Waals surface area contributed by atoms with Crippen LogP contribution in [0, 0.1) is 0 Å². The second-order valence-electron chi connectivity index (χ2n) is 6.38. The van der Waals surface area contributed by atoms with Gasteiger partial charge in [0.15, 0.2) is 0 Å². The molecule has 1 N–H and O–H groups in total. The van der Waals surface area contributed by atoms with Gasteiger partial charge in [-0.05, 0) is 38.3 Å². The number of carbonyl (C=O) groups excluding carboxylic acids is 1. The summed E-state index contributed by atoms with van der Waals surface area (Å²) in [5, 5.41) is 3.90. The van der Waals surface area contributed by atoms with Gasteiger partial charge in [-0.15, -0.1) is 0 Å². The molecule has 2 atom stereocenters. The van der Waals surface area contributed by atoms with E-state index in [9.17, 15) is 4.79 Å². The Morgan fingerprint density at radius 3 is 3.00 bits per heavy atom. The first-order valence-electron chi connectivity index (χ1n) is 8.64. The number of hydrogen-bond donors (Lipinski definition) is 1. The maximum Gasteiger partial charge on any atom is 0.220 e. The number of carbonyl (C=O) groups is 1. The van der Waals surface area contributed by atoms with Crippen LogP contribution in [0.2, 0.25) is 0 Å². The molecular formula is C18H25N3OS2. The summed E-state index contributed by atoms with van der Waals surface area (Å²) in [6.45, 7) is 2.01. The van der Waals surface area contributed by atoms with Crippen LogP contribution in [-0.2, 0) is 11.8 Å². The highest BCUT2D eigenvalue weighted by Crippen LogP contribution is 2.39. The lowest BCUT2D eigenvalue weighted by molar-refractivity contribution is -0.121. The summed E-state index contributed by atoms with van der Waals surface area (Å²) < 4.78 is 2.06. The minimum absolute atomic E-state index is 0.0725. The third kappa shape index (κ3) is 4.28. The van der Waals surface area contributed by atoms with Gasteiger partial charge >= 0.3 is 0 Å². The van der Waals surface area contributed by atoms with Crippen LogP contribution in [0.15, 0.2) is 24.3 Å². The number of nitrogens with one attached hydrogen (secondary N) is 1. The summed E-state index contributed by atoms with van der Waals surface area (Å²) in [6, 6.07) is 7.99. The fraction of sp³-hybridized carbons (Fsp3) is 0.556. The number of fused-ring (bicyclic) bond motifs is 1. The second kappa shape index (κ2) is 8.30. The van der Waals surface area contributed by atoms with E-state index < -0.39 is 0 Å². The molecule has 4 nitrogen and oxygen atoms in total. The predicted octanol–water partition coefficient (Wildman–Crippen LogP) is 4.46. The van der Waals surface area contributed by atoms with Crippen molar-refractivity contribution in [2.24, 2.45) is 7.05 Å². The number of para-hydroxylation sites is 2. The molecule has 0 aliphatic carbocycles. The molecule has 1 amide bonds. The highest BCUT2D eigenvalue weighted by molar-refractivity contribution is 8.77. The molecule has 1 aliphatic heterocycles. The van der Waals surface area contributed by atoms with Gasteiger partial charge in [-0.1, -0.05) is 40.1 Å². The van der Waals surface area contributed by atoms with Crippen molar-refractivity contribution < 1.29 is 4.79 Å². The zero-order chi connectivity index (χ0) is 16.9. The summed E-state index contributed by atoms with van der Waals surface area (Å²) >= 11 is 0. The first-order valence-corrected chi connectivity index (χ1v) is 11.0. The van der Waals surface area contributed by atoms with Crippen molar-refractivity contribution in [3.05, 3.63) is 30.1 Å². The first-order chi connectivity index (χ1) is 11.6. The Morgan fingerprint density at radius 2 is 2.25 bits per heavy atom. The summed E-state index contributed by atoms with van der Waals surface area (Å²) in [5.41, 5.74) is 2.07. The molecule has 1 aromatic carbocycles. The summed E-state index contributed by atoms with van der Waals surface area (Å²) in [4.78, 5) is 16.8. The molecule has 6 heteroatoms. The van der Waals surface area contributed by atoms with E-state index in [2.05, 4.69) is 20.9 Å². The molecular weight excluding hydrogens is 338 g/mol. The van der Waals surface area contributed by atoms with Crippen LogP contribution in [0.3, 0.4) is 0 Å². The number of unbranched alkanes of at least 4 members (excludes halogenated alkanes) is 1. The van der Waals surface area contributed by atoms with Crippen LogP contribution in [-0.4, -0.2) is 26.5 Å². The SMILES string of the molecule is C[C@H](NC(=O)CCCC[C@@H]1CCSS1)c1nc2ccccc2n1C. The monoisotopic (exact) mass is 363 g/mol. The number of rotatable bonds is 7. The number of amides is 1. The zero-order valence-corrected chi connectivity index (χ0v) is 16.0. The smallest absolute Gasteiger partial charge is 0.220 e. The van der Waals surface area contributed by atoms with Crippen LogP contribution < -0.4 is 5.32 Å². The van der Waals surface area contributed by atoms with Crippen LogP contribution in [0.1, 0.15) is 50.9 Å². The first kappa shape index (κ1) is 17.7. The third-order valence-electron chi connectivity index (χ3n) is 4.49. The number of nitrogens with zero attached hydrogens (tertiary/aromatic N) is 2. The molecule has 2 heterocycles. The standard InChI is InChI=1S/C18H25N3OS2/c1-13(18-20-15-8-4-5-9-16(15)21(18)2)19-17(22)10-6-3-7-14-11-12-23-24-14/h4-5,8-9,13-14H,3,6-7,10-12H2,1-2H3,(H,19,22)/t13-,14+/m0/s1. The number of hydrogen-bond acceptors (Lipinski definition) is 4. The number of aromatic nitrogens is 2. The molecule has 1 aliphatic rings. The van der Waals surface area contributed by atoms with E-state index in [0.29, 0.717) is 6.42 Å². The normalized spacial score (nSPS) is 18.8. The molecule has 2 aromatic rings. The Kier molecular flexibility index (Phi) is 6.11. The van der Waals surface area contributed by atoms with Gasteiger partial charge in [0.1, 0.15) is 5.82 Å². The van der Waals surface area contributed by atoms with Crippen molar-refractivity contribution in [1.29, 1.82) is 0 Å². The van der Waals surface area contributed by atoms with Gasteiger partial charge in [0.05, 0.1) is 17.1 Å². The summed E-state index contributed by atoms with van der Waals surface area (Å²) in [7, 11) is 6.01. The number of aryl methyl sites for hydroxylation is 1. The zero-order valence-electron chi connectivity index (χ0n) is 14.3. The van der Waals surface area contributed by atoms with Crippen LogP contribution in [0.25, 0.3) is 11.0 Å². The lowest BCUT2D eigenvalue weighted by atomic mass is 10.1. The quantitative estimate of drug-likeness (QED) is 0.582. The van der Waals surface area contributed by atoms with Crippen molar-refractivity contribution in [3.8, 4) is 0 Å². The highest BCUT2D eigenvalue weighted by Gasteiger charge is 2.18. The predicted molar refractivity (Wildman–Crippen MR) is 104 cm³/mol. The molecule has 0 saturated carbocycles. The van der Waals surface area contributed by atoms with Gasteiger partial charge in [-0.2, -0.15) is 0 Å². The van der Waals surface area contributed by atoms with Gasteiger partial charge in [-0.3, -0.25) is 4.79 Å². The largest absolute Gasteiger partial charge is 0.346 e. The molecule has 0 unspecified atom stereocenters.